The Bertz CT molecular complexity index is 378. The minimum absolute atomic E-state index is 0.0752. The molecule has 0 saturated carbocycles. The van der Waals surface area contributed by atoms with E-state index in [1.807, 2.05) is 0 Å². The summed E-state index contributed by atoms with van der Waals surface area (Å²) in [5, 5.41) is 8.96. The van der Waals surface area contributed by atoms with Crippen molar-refractivity contribution in [2.75, 3.05) is 0 Å². The maximum Gasteiger partial charge on any atom is 0.416 e. The molecule has 0 aromatic heterocycles. The van der Waals surface area contributed by atoms with Crippen LogP contribution in [0.15, 0.2) is 18.2 Å². The van der Waals surface area contributed by atoms with Gasteiger partial charge in [-0.1, -0.05) is 6.07 Å². The largest absolute Gasteiger partial charge is 0.416 e. The minimum Gasteiger partial charge on any atom is -0.382 e. The molecule has 0 spiro atoms. The summed E-state index contributed by atoms with van der Waals surface area (Å²) in [6.07, 6.45) is -7.45. The van der Waals surface area contributed by atoms with Gasteiger partial charge in [0.1, 0.15) is 5.82 Å². The van der Waals surface area contributed by atoms with Crippen LogP contribution < -0.4 is 5.73 Å². The van der Waals surface area contributed by atoms with Crippen molar-refractivity contribution in [2.24, 2.45) is 5.73 Å². The molecule has 0 bridgehead atoms. The zero-order chi connectivity index (χ0) is 12.5. The Morgan fingerprint density at radius 1 is 1.31 bits per heavy atom. The molecular weight excluding hydrogens is 226 g/mol. The molecule has 0 aliphatic carbocycles. The smallest absolute Gasteiger partial charge is 0.382 e. The van der Waals surface area contributed by atoms with Gasteiger partial charge in [-0.3, -0.25) is 0 Å². The number of halogens is 4. The first-order valence-corrected chi connectivity index (χ1v) is 4.50. The highest BCUT2D eigenvalue weighted by molar-refractivity contribution is 5.30. The Kier molecular flexibility index (Phi) is 3.54. The number of aliphatic hydroxyl groups excluding tert-OH is 1. The van der Waals surface area contributed by atoms with Crippen molar-refractivity contribution < 1.29 is 22.7 Å². The number of alkyl halides is 3. The molecule has 0 unspecified atom stereocenters. The van der Waals surface area contributed by atoms with Crippen molar-refractivity contribution >= 4 is 0 Å². The highest BCUT2D eigenvalue weighted by Crippen LogP contribution is 2.30. The van der Waals surface area contributed by atoms with E-state index in [1.165, 1.54) is 6.92 Å². The molecule has 0 radical (unpaired) electrons. The topological polar surface area (TPSA) is 46.2 Å². The fourth-order valence-electron chi connectivity index (χ4n) is 1.39. The van der Waals surface area contributed by atoms with Crippen molar-refractivity contribution in [1.82, 2.24) is 0 Å². The van der Waals surface area contributed by atoms with Crippen LogP contribution in [0.3, 0.4) is 0 Å². The van der Waals surface area contributed by atoms with Crippen LogP contribution >= 0.6 is 0 Å². The molecule has 0 heterocycles. The number of hydrogen-bond acceptors (Lipinski definition) is 2. The molecule has 2 nitrogen and oxygen atoms in total. The second-order valence-corrected chi connectivity index (χ2v) is 3.51. The molecule has 0 aliphatic rings. The molecule has 90 valence electrons. The van der Waals surface area contributed by atoms with Crippen LogP contribution in [0.2, 0.25) is 0 Å². The Labute approximate surface area is 89.7 Å². The standard InChI is InChI=1S/C10H11F4NO/c1-5-4-6(11)2-3-7(5)8(15)9(16)10(12,13)14/h2-4,8-9,16H,15H2,1H3/t8-,9-/m0/s1. The van der Waals surface area contributed by atoms with Gasteiger partial charge >= 0.3 is 6.18 Å². The Balaban J connectivity index is 3.01. The van der Waals surface area contributed by atoms with Gasteiger partial charge in [0.15, 0.2) is 6.10 Å². The van der Waals surface area contributed by atoms with Crippen LogP contribution in [0.5, 0.6) is 0 Å². The third-order valence-corrected chi connectivity index (χ3v) is 2.27. The van der Waals surface area contributed by atoms with Crippen LogP contribution in [0, 0.1) is 12.7 Å². The van der Waals surface area contributed by atoms with Crippen LogP contribution in [0.4, 0.5) is 17.6 Å². The van der Waals surface area contributed by atoms with Gasteiger partial charge < -0.3 is 10.8 Å². The van der Waals surface area contributed by atoms with Crippen LogP contribution in [0.25, 0.3) is 0 Å². The molecule has 0 amide bonds. The van der Waals surface area contributed by atoms with Crippen LogP contribution in [0.1, 0.15) is 17.2 Å². The number of nitrogens with two attached hydrogens (primary N) is 1. The van der Waals surface area contributed by atoms with Gasteiger partial charge in [-0.2, -0.15) is 13.2 Å². The Morgan fingerprint density at radius 3 is 2.31 bits per heavy atom. The minimum atomic E-state index is -4.79. The molecule has 3 N–H and O–H groups in total. The fraction of sp³-hybridized carbons (Fsp3) is 0.400. The summed E-state index contributed by atoms with van der Waals surface area (Å²) in [6.45, 7) is 1.43. The lowest BCUT2D eigenvalue weighted by Crippen LogP contribution is -2.39. The van der Waals surface area contributed by atoms with E-state index in [0.717, 1.165) is 18.2 Å². The predicted molar refractivity (Wildman–Crippen MR) is 50.1 cm³/mol. The molecule has 1 aromatic carbocycles. The average molecular weight is 237 g/mol. The highest BCUT2D eigenvalue weighted by atomic mass is 19.4. The average Bonchev–Trinajstić information content (AvgIpc) is 2.14. The van der Waals surface area contributed by atoms with Crippen LogP contribution in [-0.4, -0.2) is 17.4 Å². The molecule has 2 atom stereocenters. The summed E-state index contributed by atoms with van der Waals surface area (Å²) < 4.78 is 49.3. The van der Waals surface area contributed by atoms with E-state index in [-0.39, 0.29) is 11.1 Å². The first-order valence-electron chi connectivity index (χ1n) is 4.50. The van der Waals surface area contributed by atoms with Gasteiger partial charge in [-0.05, 0) is 30.2 Å². The molecule has 16 heavy (non-hydrogen) atoms. The SMILES string of the molecule is Cc1cc(F)ccc1[C@H](N)[C@H](O)C(F)(F)F. The van der Waals surface area contributed by atoms with Gasteiger partial charge in [-0.25, -0.2) is 4.39 Å². The summed E-state index contributed by atoms with van der Waals surface area (Å²) in [5.74, 6) is -0.560. The lowest BCUT2D eigenvalue weighted by molar-refractivity contribution is -0.210. The zero-order valence-corrected chi connectivity index (χ0v) is 8.42. The first kappa shape index (κ1) is 12.9. The lowest BCUT2D eigenvalue weighted by atomic mass is 9.97. The van der Waals surface area contributed by atoms with Crippen molar-refractivity contribution in [2.45, 2.75) is 25.2 Å². The Morgan fingerprint density at radius 2 is 1.88 bits per heavy atom. The molecule has 0 fully saturated rings. The summed E-state index contributed by atoms with van der Waals surface area (Å²) in [7, 11) is 0. The van der Waals surface area contributed by atoms with E-state index in [1.54, 1.807) is 0 Å². The summed E-state index contributed by atoms with van der Waals surface area (Å²) in [4.78, 5) is 0. The second kappa shape index (κ2) is 4.39. The maximum atomic E-state index is 12.7. The van der Waals surface area contributed by atoms with Gasteiger partial charge in [-0.15, -0.1) is 0 Å². The van der Waals surface area contributed by atoms with Gasteiger partial charge in [0.05, 0.1) is 6.04 Å². The van der Waals surface area contributed by atoms with E-state index < -0.39 is 24.1 Å². The van der Waals surface area contributed by atoms with E-state index >= 15 is 0 Å². The molecule has 1 aromatic rings. The number of aryl methyl sites for hydroxylation is 1. The third kappa shape index (κ3) is 2.70. The second-order valence-electron chi connectivity index (χ2n) is 3.51. The third-order valence-electron chi connectivity index (χ3n) is 2.27. The summed E-state index contributed by atoms with van der Waals surface area (Å²) in [6, 6.07) is 1.61. The normalized spacial score (nSPS) is 15.9. The maximum absolute atomic E-state index is 12.7. The van der Waals surface area contributed by atoms with E-state index in [9.17, 15) is 17.6 Å². The van der Waals surface area contributed by atoms with Gasteiger partial charge in [0.2, 0.25) is 0 Å². The predicted octanol–water partition coefficient (Wildman–Crippen LogP) is 2.06. The van der Waals surface area contributed by atoms with Crippen LogP contribution in [-0.2, 0) is 0 Å². The Hall–Kier alpha value is -1.14. The van der Waals surface area contributed by atoms with Crippen molar-refractivity contribution in [3.8, 4) is 0 Å². The number of hydrogen-bond donors (Lipinski definition) is 2. The molecule has 1 rings (SSSR count). The fourth-order valence-corrected chi connectivity index (χ4v) is 1.39. The summed E-state index contributed by atoms with van der Waals surface area (Å²) in [5.41, 5.74) is 5.63. The number of aliphatic hydroxyl groups is 1. The molecule has 0 aliphatic heterocycles. The van der Waals surface area contributed by atoms with Crippen molar-refractivity contribution in [3.05, 3.63) is 35.1 Å². The zero-order valence-electron chi connectivity index (χ0n) is 8.42. The number of rotatable bonds is 2. The first-order chi connectivity index (χ1) is 7.23. The van der Waals surface area contributed by atoms with Gasteiger partial charge in [0, 0.05) is 0 Å². The highest BCUT2D eigenvalue weighted by Gasteiger charge is 2.43. The molecule has 6 heteroatoms. The lowest BCUT2D eigenvalue weighted by Gasteiger charge is -2.22. The monoisotopic (exact) mass is 237 g/mol. The van der Waals surface area contributed by atoms with Gasteiger partial charge in [0.25, 0.3) is 0 Å². The van der Waals surface area contributed by atoms with Crippen molar-refractivity contribution in [3.63, 3.8) is 0 Å². The number of benzene rings is 1. The van der Waals surface area contributed by atoms with E-state index in [2.05, 4.69) is 0 Å². The van der Waals surface area contributed by atoms with E-state index in [0.29, 0.717) is 0 Å². The quantitative estimate of drug-likeness (QED) is 0.773. The van der Waals surface area contributed by atoms with Crippen molar-refractivity contribution in [1.29, 1.82) is 0 Å². The summed E-state index contributed by atoms with van der Waals surface area (Å²) >= 11 is 0. The molecular formula is C10H11F4NO. The van der Waals surface area contributed by atoms with E-state index in [4.69, 9.17) is 10.8 Å². The molecule has 0 saturated heterocycles.